The van der Waals surface area contributed by atoms with E-state index in [-0.39, 0.29) is 22.5 Å². The number of carbonyl (C=O) groups excluding carboxylic acids is 3. The number of ether oxygens (including phenoxy) is 1. The molecule has 15 heteroatoms. The lowest BCUT2D eigenvalue weighted by Crippen LogP contribution is -2.30. The molecule has 1 unspecified atom stereocenters. The maximum Gasteiger partial charge on any atom is 0.422 e. The first-order valence-electron chi connectivity index (χ1n) is 15.4. The third-order valence-electron chi connectivity index (χ3n) is 7.45. The number of carbonyl (C=O) groups is 3. The summed E-state index contributed by atoms with van der Waals surface area (Å²) < 4.78 is 103. The van der Waals surface area contributed by atoms with Crippen molar-refractivity contribution in [3.8, 4) is 5.75 Å². The largest absolute Gasteiger partial charge is 0.496 e. The van der Waals surface area contributed by atoms with Crippen LogP contribution in [0, 0.1) is 23.3 Å². The van der Waals surface area contributed by atoms with Crippen LogP contribution in [-0.2, 0) is 15.8 Å². The molecule has 272 valence electrons. The van der Waals surface area contributed by atoms with Gasteiger partial charge in [-0.25, -0.2) is 17.6 Å². The van der Waals surface area contributed by atoms with Crippen LogP contribution in [0.2, 0.25) is 0 Å². The fraction of sp³-hybridized carbons (Fsp3) is 0.0789. The molecule has 5 rings (SSSR count). The van der Waals surface area contributed by atoms with E-state index in [4.69, 9.17) is 4.74 Å². The molecule has 0 aliphatic rings. The normalized spacial score (nSPS) is 12.1. The summed E-state index contributed by atoms with van der Waals surface area (Å²) in [6, 6.07) is 28.4. The van der Waals surface area contributed by atoms with Gasteiger partial charge in [0.15, 0.2) is 23.3 Å². The minimum absolute atomic E-state index is 0.164. The molecule has 0 bridgehead atoms. The van der Waals surface area contributed by atoms with Crippen molar-refractivity contribution in [1.29, 1.82) is 0 Å². The second kappa shape index (κ2) is 16.5. The Bertz CT molecular complexity index is 2150. The topological polar surface area (TPSA) is 96.5 Å². The summed E-state index contributed by atoms with van der Waals surface area (Å²) in [6.07, 6.45) is -4.35. The molecule has 0 fully saturated rings. The first kappa shape index (κ1) is 38.1. The second-order valence-electron chi connectivity index (χ2n) is 11.0. The Balaban J connectivity index is 1.43. The summed E-state index contributed by atoms with van der Waals surface area (Å²) in [5, 5.41) is 5.59. The number of anilines is 2. The number of methoxy groups -OCH3 is 1. The summed E-state index contributed by atoms with van der Waals surface area (Å²) >= 11 is 0.785. The molecule has 5 aromatic rings. The van der Waals surface area contributed by atoms with Crippen LogP contribution < -0.4 is 20.7 Å². The van der Waals surface area contributed by atoms with Crippen molar-refractivity contribution in [1.82, 2.24) is 5.32 Å². The lowest BCUT2D eigenvalue weighted by molar-refractivity contribution is -0.143. The number of alkyl halides is 3. The zero-order chi connectivity index (χ0) is 38.3. The zero-order valence-corrected chi connectivity index (χ0v) is 28.1. The van der Waals surface area contributed by atoms with Crippen LogP contribution in [0.25, 0.3) is 6.08 Å². The van der Waals surface area contributed by atoms with Gasteiger partial charge in [-0.1, -0.05) is 72.8 Å². The van der Waals surface area contributed by atoms with E-state index < -0.39 is 63.7 Å². The zero-order valence-electron chi connectivity index (χ0n) is 27.2. The van der Waals surface area contributed by atoms with Crippen LogP contribution in [0.5, 0.6) is 5.75 Å². The fourth-order valence-corrected chi connectivity index (χ4v) is 6.03. The monoisotopic (exact) mass is 753 g/mol. The molecular weight excluding hydrogens is 727 g/mol. The van der Waals surface area contributed by atoms with Crippen LogP contribution in [-0.4, -0.2) is 24.8 Å². The van der Waals surface area contributed by atoms with Gasteiger partial charge in [-0.05, 0) is 48.0 Å². The molecule has 0 saturated carbocycles. The highest BCUT2D eigenvalue weighted by Gasteiger charge is 2.43. The average Bonchev–Trinajstić information content (AvgIpc) is 3.15. The Labute approximate surface area is 301 Å². The first-order chi connectivity index (χ1) is 25.3. The number of rotatable bonds is 11. The highest BCUT2D eigenvalue weighted by Crippen LogP contribution is 2.41. The molecule has 7 nitrogen and oxygen atoms in total. The maximum absolute atomic E-state index is 14.7. The van der Waals surface area contributed by atoms with Gasteiger partial charge in [0.1, 0.15) is 27.9 Å². The van der Waals surface area contributed by atoms with Crippen molar-refractivity contribution < 1.29 is 49.9 Å². The van der Waals surface area contributed by atoms with Crippen LogP contribution in [0.1, 0.15) is 32.3 Å². The Hall–Kier alpha value is -6.09. The van der Waals surface area contributed by atoms with Gasteiger partial charge in [-0.2, -0.15) is 13.2 Å². The van der Waals surface area contributed by atoms with Crippen molar-refractivity contribution in [3.63, 3.8) is 0 Å². The van der Waals surface area contributed by atoms with Gasteiger partial charge in [-0.3, -0.25) is 14.4 Å². The van der Waals surface area contributed by atoms with E-state index >= 15 is 0 Å². The smallest absolute Gasteiger partial charge is 0.422 e. The van der Waals surface area contributed by atoms with E-state index in [0.29, 0.717) is 16.2 Å². The van der Waals surface area contributed by atoms with Gasteiger partial charge < -0.3 is 20.7 Å². The number of hydrogen-bond donors (Lipinski definition) is 3. The molecule has 5 aromatic carbocycles. The van der Waals surface area contributed by atoms with Crippen molar-refractivity contribution in [2.24, 2.45) is 0 Å². The molecule has 0 heterocycles. The van der Waals surface area contributed by atoms with Gasteiger partial charge in [0, 0.05) is 21.7 Å². The number of para-hydroxylation sites is 1. The predicted octanol–water partition coefficient (Wildman–Crippen LogP) is 9.15. The number of benzene rings is 5. The number of nitrogens with one attached hydrogen (secondary N) is 3. The molecule has 0 radical (unpaired) electrons. The number of hydrogen-bond acceptors (Lipinski definition) is 5. The van der Waals surface area contributed by atoms with Crippen molar-refractivity contribution in [3.05, 3.63) is 160 Å². The lowest BCUT2D eigenvalue weighted by atomic mass is 10.1. The summed E-state index contributed by atoms with van der Waals surface area (Å²) in [5.74, 6) is -12.5. The molecule has 0 spiro atoms. The molecule has 1 atom stereocenters. The molecule has 0 aromatic heterocycles. The van der Waals surface area contributed by atoms with Crippen LogP contribution >= 0.6 is 11.8 Å². The molecule has 0 aliphatic heterocycles. The van der Waals surface area contributed by atoms with Crippen molar-refractivity contribution in [2.75, 3.05) is 17.7 Å². The van der Waals surface area contributed by atoms with E-state index in [1.165, 1.54) is 61.7 Å². The van der Waals surface area contributed by atoms with Crippen molar-refractivity contribution in [2.45, 2.75) is 16.3 Å². The van der Waals surface area contributed by atoms with Gasteiger partial charge >= 0.3 is 6.18 Å². The quantitative estimate of drug-likeness (QED) is 0.0542. The molecule has 53 heavy (non-hydrogen) atoms. The Morgan fingerprint density at radius 3 is 1.96 bits per heavy atom. The van der Waals surface area contributed by atoms with E-state index in [0.717, 1.165) is 11.8 Å². The lowest BCUT2D eigenvalue weighted by Gasteiger charge is -2.19. The van der Waals surface area contributed by atoms with E-state index in [9.17, 15) is 45.1 Å². The summed E-state index contributed by atoms with van der Waals surface area (Å²) in [6.45, 7) is 0. The number of amides is 3. The van der Waals surface area contributed by atoms with Crippen LogP contribution in [0.4, 0.5) is 42.1 Å². The number of halogens is 7. The van der Waals surface area contributed by atoms with Crippen LogP contribution in [0.3, 0.4) is 0 Å². The van der Waals surface area contributed by atoms with Crippen molar-refractivity contribution >= 4 is 46.9 Å². The second-order valence-corrected chi connectivity index (χ2v) is 12.2. The molecular formula is C38H26F7N3O4S. The van der Waals surface area contributed by atoms with E-state index in [2.05, 4.69) is 10.6 Å². The Morgan fingerprint density at radius 1 is 0.736 bits per heavy atom. The third kappa shape index (κ3) is 9.05. The number of thioether (sulfide) groups is 1. The molecule has 3 N–H and O–H groups in total. The minimum Gasteiger partial charge on any atom is -0.496 e. The molecule has 3 amide bonds. The summed E-state index contributed by atoms with van der Waals surface area (Å²) in [4.78, 5) is 40.5. The van der Waals surface area contributed by atoms with Gasteiger partial charge in [0.05, 0.1) is 7.11 Å². The van der Waals surface area contributed by atoms with E-state index in [1.807, 2.05) is 0 Å². The van der Waals surface area contributed by atoms with Gasteiger partial charge in [-0.15, -0.1) is 11.8 Å². The standard InChI is InChI=1S/C38H26F7N3O4S/c1-52-27-18-9-8-15-23(27)19-26(47-35(49)22-13-6-3-7-14-22)36(50)46-24-16-10-17-25(20-24)53-34(21-11-4-2-5-12-21)37(51)48-33-31(41)29(39)28(38(43,44)45)30(40)32(33)42/h2-20,34H,1H3,(H,46,50)(H,47,49)(H,48,51)/b26-19+. The fourth-order valence-electron chi connectivity index (χ4n) is 4.95. The minimum atomic E-state index is -5.76. The summed E-state index contributed by atoms with van der Waals surface area (Å²) in [5.41, 5.74) is -3.53. The van der Waals surface area contributed by atoms with E-state index in [1.54, 1.807) is 66.0 Å². The summed E-state index contributed by atoms with van der Waals surface area (Å²) in [7, 11) is 1.44. The average molecular weight is 754 g/mol. The predicted molar refractivity (Wildman–Crippen MR) is 185 cm³/mol. The third-order valence-corrected chi connectivity index (χ3v) is 8.70. The molecule has 0 aliphatic carbocycles. The first-order valence-corrected chi connectivity index (χ1v) is 16.2. The van der Waals surface area contributed by atoms with Gasteiger partial charge in [0.2, 0.25) is 5.91 Å². The highest BCUT2D eigenvalue weighted by molar-refractivity contribution is 8.00. The Kier molecular flexibility index (Phi) is 11.9. The molecule has 0 saturated heterocycles. The highest BCUT2D eigenvalue weighted by atomic mass is 32.2. The van der Waals surface area contributed by atoms with Crippen LogP contribution in [0.15, 0.2) is 120 Å². The maximum atomic E-state index is 14.7. The van der Waals surface area contributed by atoms with Gasteiger partial charge in [0.25, 0.3) is 11.8 Å². The Morgan fingerprint density at radius 2 is 1.34 bits per heavy atom. The SMILES string of the molecule is COc1ccccc1/C=C(/NC(=O)c1ccccc1)C(=O)Nc1cccc(SC(C(=O)Nc2c(F)c(F)c(C(F)(F)F)c(F)c2F)c2ccccc2)c1.